The first-order valence-corrected chi connectivity index (χ1v) is 7.43. The molecule has 0 unspecified atom stereocenters. The van der Waals surface area contributed by atoms with E-state index in [2.05, 4.69) is 28.6 Å². The number of benzene rings is 1. The summed E-state index contributed by atoms with van der Waals surface area (Å²) in [6.07, 6.45) is 0. The van der Waals surface area contributed by atoms with E-state index in [9.17, 15) is 0 Å². The second-order valence-electron chi connectivity index (χ2n) is 5.89. The fraction of sp³-hybridized carbons (Fsp3) is 0.471. The van der Waals surface area contributed by atoms with Crippen molar-refractivity contribution < 1.29 is 9.15 Å². The van der Waals surface area contributed by atoms with Gasteiger partial charge in [0.1, 0.15) is 11.3 Å². The molecule has 0 atom stereocenters. The van der Waals surface area contributed by atoms with Gasteiger partial charge in [0, 0.05) is 31.7 Å². The van der Waals surface area contributed by atoms with E-state index in [1.165, 1.54) is 0 Å². The second kappa shape index (κ2) is 6.83. The van der Waals surface area contributed by atoms with Gasteiger partial charge in [-0.15, -0.1) is 0 Å². The van der Waals surface area contributed by atoms with Crippen LogP contribution in [0.15, 0.2) is 33.7 Å². The second-order valence-corrected chi connectivity index (χ2v) is 5.89. The summed E-state index contributed by atoms with van der Waals surface area (Å²) in [4.78, 5) is 4.22. The Morgan fingerprint density at radius 3 is 2.64 bits per heavy atom. The number of nitrogens with zero attached hydrogens (tertiary/aromatic N) is 1. The Morgan fingerprint density at radius 1 is 1.27 bits per heavy atom. The smallest absolute Gasteiger partial charge is 0.191 e. The van der Waals surface area contributed by atoms with Crippen LogP contribution >= 0.6 is 0 Å². The molecule has 1 aromatic carbocycles. The summed E-state index contributed by atoms with van der Waals surface area (Å²) in [6, 6.07) is 8.07. The molecule has 0 spiro atoms. The molecule has 0 amide bonds. The fourth-order valence-corrected chi connectivity index (χ4v) is 2.15. The van der Waals surface area contributed by atoms with Gasteiger partial charge in [-0.2, -0.15) is 0 Å². The number of ether oxygens (including phenoxy) is 1. The monoisotopic (exact) mass is 303 g/mol. The zero-order valence-electron chi connectivity index (χ0n) is 14.0. The lowest BCUT2D eigenvalue weighted by Gasteiger charge is -2.24. The molecule has 2 aromatic rings. The topological polar surface area (TPSA) is 58.8 Å². The van der Waals surface area contributed by atoms with Crippen molar-refractivity contribution in [3.8, 4) is 0 Å². The van der Waals surface area contributed by atoms with Crippen LogP contribution in [0.1, 0.15) is 25.2 Å². The summed E-state index contributed by atoms with van der Waals surface area (Å²) < 4.78 is 11.3. The minimum Gasteiger partial charge on any atom is -0.459 e. The molecule has 5 heteroatoms. The van der Waals surface area contributed by atoms with Gasteiger partial charge in [0.05, 0.1) is 12.1 Å². The van der Waals surface area contributed by atoms with Gasteiger partial charge < -0.3 is 19.8 Å². The van der Waals surface area contributed by atoms with Gasteiger partial charge in [0.2, 0.25) is 0 Å². The lowest BCUT2D eigenvalue weighted by molar-refractivity contribution is 0.0268. The van der Waals surface area contributed by atoms with E-state index in [4.69, 9.17) is 9.15 Å². The van der Waals surface area contributed by atoms with E-state index in [0.717, 1.165) is 28.3 Å². The van der Waals surface area contributed by atoms with Crippen molar-refractivity contribution in [2.24, 2.45) is 4.99 Å². The maximum absolute atomic E-state index is 5.89. The average Bonchev–Trinajstić information content (AvgIpc) is 2.84. The number of fused-ring (bicyclic) bond motifs is 1. The van der Waals surface area contributed by atoms with Gasteiger partial charge in [-0.05, 0) is 26.8 Å². The Bertz CT molecular complexity index is 659. The predicted octanol–water partition coefficient (Wildman–Crippen LogP) is 2.83. The average molecular weight is 303 g/mol. The standard InChI is InChI=1S/C17H25N3O2/c1-12-13-8-6-7-9-14(13)22-15(12)10-19-16(18-4)20-11-17(2,3)21-5/h6-9H,10-11H2,1-5H3,(H2,18,19,20). The van der Waals surface area contributed by atoms with E-state index in [1.54, 1.807) is 14.2 Å². The summed E-state index contributed by atoms with van der Waals surface area (Å²) in [5, 5.41) is 7.69. The quantitative estimate of drug-likeness (QED) is 0.659. The number of aliphatic imine (C=N–C) groups is 1. The van der Waals surface area contributed by atoms with E-state index in [-0.39, 0.29) is 5.60 Å². The highest BCUT2D eigenvalue weighted by Gasteiger charge is 2.17. The van der Waals surface area contributed by atoms with Crippen LogP contribution in [0.5, 0.6) is 0 Å². The van der Waals surface area contributed by atoms with Crippen molar-refractivity contribution in [1.29, 1.82) is 0 Å². The van der Waals surface area contributed by atoms with Gasteiger partial charge in [-0.1, -0.05) is 18.2 Å². The highest BCUT2D eigenvalue weighted by molar-refractivity contribution is 5.82. The minimum absolute atomic E-state index is 0.243. The molecule has 0 aliphatic carbocycles. The van der Waals surface area contributed by atoms with Crippen LogP contribution in [0.25, 0.3) is 11.0 Å². The number of nitrogens with one attached hydrogen (secondary N) is 2. The molecule has 5 nitrogen and oxygen atoms in total. The molecule has 0 bridgehead atoms. The SMILES string of the molecule is CN=C(NCc1oc2ccccc2c1C)NCC(C)(C)OC. The lowest BCUT2D eigenvalue weighted by Crippen LogP contribution is -2.45. The third-order valence-corrected chi connectivity index (χ3v) is 3.82. The molecule has 0 aliphatic heterocycles. The maximum Gasteiger partial charge on any atom is 0.191 e. The van der Waals surface area contributed by atoms with Gasteiger partial charge in [-0.25, -0.2) is 0 Å². The van der Waals surface area contributed by atoms with Crippen LogP contribution in [0.3, 0.4) is 0 Å². The first-order chi connectivity index (χ1) is 10.5. The van der Waals surface area contributed by atoms with Gasteiger partial charge in [-0.3, -0.25) is 4.99 Å². The zero-order valence-corrected chi connectivity index (χ0v) is 14.0. The fourth-order valence-electron chi connectivity index (χ4n) is 2.15. The third kappa shape index (κ3) is 3.80. The number of rotatable bonds is 5. The van der Waals surface area contributed by atoms with E-state index < -0.39 is 0 Å². The number of furan rings is 1. The summed E-state index contributed by atoms with van der Waals surface area (Å²) in [5.41, 5.74) is 1.84. The summed E-state index contributed by atoms with van der Waals surface area (Å²) >= 11 is 0. The van der Waals surface area contributed by atoms with E-state index in [0.29, 0.717) is 13.1 Å². The normalized spacial score (nSPS) is 12.7. The van der Waals surface area contributed by atoms with Crippen LogP contribution in [0.2, 0.25) is 0 Å². The summed E-state index contributed by atoms with van der Waals surface area (Å²) in [7, 11) is 3.45. The molecule has 2 rings (SSSR count). The minimum atomic E-state index is -0.243. The molecule has 0 fully saturated rings. The van der Waals surface area contributed by atoms with Crippen LogP contribution in [-0.2, 0) is 11.3 Å². The number of aryl methyl sites for hydroxylation is 1. The van der Waals surface area contributed by atoms with Crippen molar-refractivity contribution in [1.82, 2.24) is 10.6 Å². The van der Waals surface area contributed by atoms with Gasteiger partial charge in [0.15, 0.2) is 5.96 Å². The summed E-state index contributed by atoms with van der Waals surface area (Å²) in [6.45, 7) is 7.39. The molecule has 1 aromatic heterocycles. The van der Waals surface area contributed by atoms with Crippen LogP contribution in [0, 0.1) is 6.92 Å². The number of guanidine groups is 1. The Labute approximate surface area is 131 Å². The molecule has 0 saturated heterocycles. The third-order valence-electron chi connectivity index (χ3n) is 3.82. The van der Waals surface area contributed by atoms with Crippen molar-refractivity contribution in [2.75, 3.05) is 20.7 Å². The van der Waals surface area contributed by atoms with Gasteiger partial charge in [0.25, 0.3) is 0 Å². The molecule has 0 aliphatic rings. The first-order valence-electron chi connectivity index (χ1n) is 7.43. The van der Waals surface area contributed by atoms with Crippen LogP contribution in [-0.4, -0.2) is 32.3 Å². The molecule has 2 N–H and O–H groups in total. The van der Waals surface area contributed by atoms with Crippen molar-refractivity contribution in [3.63, 3.8) is 0 Å². The van der Waals surface area contributed by atoms with E-state index in [1.807, 2.05) is 32.0 Å². The molecular weight excluding hydrogens is 278 g/mol. The first kappa shape index (κ1) is 16.4. The predicted molar refractivity (Wildman–Crippen MR) is 90.2 cm³/mol. The maximum atomic E-state index is 5.89. The number of hydrogen-bond donors (Lipinski definition) is 2. The lowest BCUT2D eigenvalue weighted by atomic mass is 10.1. The largest absolute Gasteiger partial charge is 0.459 e. The molecular formula is C17H25N3O2. The molecule has 0 saturated carbocycles. The molecule has 1 heterocycles. The molecule has 120 valence electrons. The Kier molecular flexibility index (Phi) is 5.08. The van der Waals surface area contributed by atoms with E-state index >= 15 is 0 Å². The number of hydrogen-bond acceptors (Lipinski definition) is 3. The Hall–Kier alpha value is -2.01. The Balaban J connectivity index is 1.99. The molecule has 22 heavy (non-hydrogen) atoms. The van der Waals surface area contributed by atoms with Gasteiger partial charge >= 0.3 is 0 Å². The Morgan fingerprint density at radius 2 is 2.00 bits per heavy atom. The number of methoxy groups -OCH3 is 1. The van der Waals surface area contributed by atoms with Crippen LogP contribution in [0.4, 0.5) is 0 Å². The van der Waals surface area contributed by atoms with Crippen molar-refractivity contribution >= 4 is 16.9 Å². The molecule has 0 radical (unpaired) electrons. The highest BCUT2D eigenvalue weighted by Crippen LogP contribution is 2.24. The highest BCUT2D eigenvalue weighted by atomic mass is 16.5. The van der Waals surface area contributed by atoms with Crippen molar-refractivity contribution in [2.45, 2.75) is 32.9 Å². The zero-order chi connectivity index (χ0) is 16.2. The number of para-hydroxylation sites is 1. The van der Waals surface area contributed by atoms with Crippen LogP contribution < -0.4 is 10.6 Å². The summed E-state index contributed by atoms with van der Waals surface area (Å²) in [5.74, 6) is 1.65. The van der Waals surface area contributed by atoms with Crippen molar-refractivity contribution in [3.05, 3.63) is 35.6 Å².